The molecule has 0 radical (unpaired) electrons. The highest BCUT2D eigenvalue weighted by Crippen LogP contribution is 2.28. The average molecular weight is 269 g/mol. The summed E-state index contributed by atoms with van der Waals surface area (Å²) in [4.78, 5) is 0.279. The molecule has 1 aromatic rings. The molecule has 4 nitrogen and oxygen atoms in total. The molecule has 1 saturated carbocycles. The molecule has 0 spiro atoms. The molecule has 1 aromatic carbocycles. The summed E-state index contributed by atoms with van der Waals surface area (Å²) < 4.78 is 29.7. The molecule has 18 heavy (non-hydrogen) atoms. The van der Waals surface area contributed by atoms with Gasteiger partial charge in [0.1, 0.15) is 16.5 Å². The first kappa shape index (κ1) is 13.4. The van der Waals surface area contributed by atoms with Crippen LogP contribution in [-0.2, 0) is 9.84 Å². The summed E-state index contributed by atoms with van der Waals surface area (Å²) >= 11 is 0. The van der Waals surface area contributed by atoms with Crippen molar-refractivity contribution in [3.05, 3.63) is 23.3 Å². The van der Waals surface area contributed by atoms with Crippen molar-refractivity contribution < 1.29 is 13.2 Å². The first-order chi connectivity index (χ1) is 8.44. The Hall–Kier alpha value is -1.07. The molecule has 0 bridgehead atoms. The Morgan fingerprint density at radius 1 is 1.28 bits per heavy atom. The van der Waals surface area contributed by atoms with Crippen LogP contribution in [0.1, 0.15) is 24.0 Å². The topological polar surface area (TPSA) is 55.4 Å². The maximum absolute atomic E-state index is 12.3. The number of hydrogen-bond donors (Lipinski definition) is 1. The fraction of sp³-hybridized carbons (Fsp3) is 0.538. The van der Waals surface area contributed by atoms with Gasteiger partial charge < -0.3 is 10.1 Å². The van der Waals surface area contributed by atoms with Gasteiger partial charge in [-0.25, -0.2) is 8.42 Å². The normalized spacial score (nSPS) is 15.7. The fourth-order valence-electron chi connectivity index (χ4n) is 1.76. The highest BCUT2D eigenvalue weighted by atomic mass is 32.2. The SMILES string of the molecule is COc1cc(C)c(C)cc1S(=O)(=O)CNC1CC1. The Bertz CT molecular complexity index is 548. The molecule has 1 N–H and O–H groups in total. The molecule has 2 rings (SSSR count). The average Bonchev–Trinajstić information content (AvgIpc) is 3.13. The van der Waals surface area contributed by atoms with E-state index in [2.05, 4.69) is 5.32 Å². The molecule has 0 amide bonds. The van der Waals surface area contributed by atoms with Gasteiger partial charge in [0.25, 0.3) is 0 Å². The van der Waals surface area contributed by atoms with Crippen LogP contribution in [0.5, 0.6) is 5.75 Å². The predicted molar refractivity (Wildman–Crippen MR) is 70.7 cm³/mol. The molecule has 100 valence electrons. The number of rotatable bonds is 5. The Kier molecular flexibility index (Phi) is 3.64. The van der Waals surface area contributed by atoms with Gasteiger partial charge in [-0.05, 0) is 49.9 Å². The van der Waals surface area contributed by atoms with Crippen LogP contribution in [0.25, 0.3) is 0 Å². The lowest BCUT2D eigenvalue weighted by Gasteiger charge is -2.12. The molecule has 0 unspecified atom stereocenters. The third kappa shape index (κ3) is 2.84. The first-order valence-corrected chi connectivity index (χ1v) is 7.70. The van der Waals surface area contributed by atoms with Crippen LogP contribution in [0.3, 0.4) is 0 Å². The van der Waals surface area contributed by atoms with Crippen molar-refractivity contribution >= 4 is 9.84 Å². The predicted octanol–water partition coefficient (Wildman–Crippen LogP) is 1.80. The Morgan fingerprint density at radius 3 is 2.44 bits per heavy atom. The van der Waals surface area contributed by atoms with Crippen LogP contribution in [0, 0.1) is 13.8 Å². The van der Waals surface area contributed by atoms with Gasteiger partial charge in [-0.2, -0.15) is 0 Å². The van der Waals surface area contributed by atoms with Gasteiger partial charge in [0.2, 0.25) is 0 Å². The zero-order chi connectivity index (χ0) is 13.3. The smallest absolute Gasteiger partial charge is 0.194 e. The molecular weight excluding hydrogens is 250 g/mol. The van der Waals surface area contributed by atoms with Gasteiger partial charge in [0.05, 0.1) is 7.11 Å². The number of nitrogens with one attached hydrogen (secondary N) is 1. The van der Waals surface area contributed by atoms with Crippen molar-refractivity contribution in [3.63, 3.8) is 0 Å². The molecular formula is C13H19NO3S. The van der Waals surface area contributed by atoms with Gasteiger partial charge >= 0.3 is 0 Å². The maximum atomic E-state index is 12.3. The van der Waals surface area contributed by atoms with E-state index in [9.17, 15) is 8.42 Å². The van der Waals surface area contributed by atoms with Crippen molar-refractivity contribution in [2.24, 2.45) is 0 Å². The second-order valence-corrected chi connectivity index (χ2v) is 6.78. The second kappa shape index (κ2) is 4.90. The van der Waals surface area contributed by atoms with E-state index in [0.29, 0.717) is 11.8 Å². The van der Waals surface area contributed by atoms with Gasteiger partial charge in [-0.3, -0.25) is 0 Å². The lowest BCUT2D eigenvalue weighted by atomic mass is 10.1. The van der Waals surface area contributed by atoms with Crippen LogP contribution in [0.4, 0.5) is 0 Å². The van der Waals surface area contributed by atoms with Gasteiger partial charge in [-0.1, -0.05) is 0 Å². The van der Waals surface area contributed by atoms with Gasteiger partial charge in [0.15, 0.2) is 9.84 Å². The van der Waals surface area contributed by atoms with Crippen LogP contribution in [0.15, 0.2) is 17.0 Å². The summed E-state index contributed by atoms with van der Waals surface area (Å²) in [6.07, 6.45) is 2.14. The summed E-state index contributed by atoms with van der Waals surface area (Å²) in [6, 6.07) is 3.84. The number of methoxy groups -OCH3 is 1. The van der Waals surface area contributed by atoms with Crippen molar-refractivity contribution in [1.29, 1.82) is 0 Å². The number of hydrogen-bond acceptors (Lipinski definition) is 4. The summed E-state index contributed by atoms with van der Waals surface area (Å²) in [5, 5.41) is 3.04. The third-order valence-corrected chi connectivity index (χ3v) is 4.79. The highest BCUT2D eigenvalue weighted by molar-refractivity contribution is 7.91. The minimum atomic E-state index is -3.33. The zero-order valence-electron chi connectivity index (χ0n) is 11.0. The first-order valence-electron chi connectivity index (χ1n) is 6.05. The van der Waals surface area contributed by atoms with Gasteiger partial charge in [0, 0.05) is 6.04 Å². The molecule has 0 aromatic heterocycles. The quantitative estimate of drug-likeness (QED) is 0.885. The molecule has 0 heterocycles. The molecule has 0 saturated heterocycles. The van der Waals surface area contributed by atoms with Crippen molar-refractivity contribution in [3.8, 4) is 5.75 Å². The standard InChI is InChI=1S/C13H19NO3S/c1-9-6-12(17-3)13(7-10(9)2)18(15,16)8-14-11-4-5-11/h6-7,11,14H,4-5,8H2,1-3H3. The second-order valence-electron chi connectivity index (χ2n) is 4.82. The molecule has 1 aliphatic carbocycles. The summed E-state index contributed by atoms with van der Waals surface area (Å²) in [5.74, 6) is 0.409. The number of aryl methyl sites for hydroxylation is 2. The number of sulfone groups is 1. The summed E-state index contributed by atoms with van der Waals surface area (Å²) in [7, 11) is -1.84. The van der Waals surface area contributed by atoms with E-state index in [-0.39, 0.29) is 10.8 Å². The Labute approximate surface area is 108 Å². The maximum Gasteiger partial charge on any atom is 0.194 e. The molecule has 0 aliphatic heterocycles. The van der Waals surface area contributed by atoms with Crippen LogP contribution in [0.2, 0.25) is 0 Å². The fourth-order valence-corrected chi connectivity index (χ4v) is 3.17. The zero-order valence-corrected chi connectivity index (χ0v) is 11.8. The van der Waals surface area contributed by atoms with Gasteiger partial charge in [-0.15, -0.1) is 0 Å². The lowest BCUT2D eigenvalue weighted by molar-refractivity contribution is 0.402. The number of benzene rings is 1. The van der Waals surface area contributed by atoms with Crippen molar-refractivity contribution in [2.75, 3.05) is 13.0 Å². The molecule has 5 heteroatoms. The van der Waals surface area contributed by atoms with E-state index in [1.165, 1.54) is 7.11 Å². The van der Waals surface area contributed by atoms with E-state index in [1.807, 2.05) is 13.8 Å². The van der Waals surface area contributed by atoms with E-state index in [4.69, 9.17) is 4.74 Å². The minimum absolute atomic E-state index is 0.0173. The van der Waals surface area contributed by atoms with Crippen LogP contribution in [-0.4, -0.2) is 27.4 Å². The molecule has 0 atom stereocenters. The van der Waals surface area contributed by atoms with E-state index in [0.717, 1.165) is 24.0 Å². The highest BCUT2D eigenvalue weighted by Gasteiger charge is 2.26. The van der Waals surface area contributed by atoms with E-state index >= 15 is 0 Å². The number of ether oxygens (including phenoxy) is 1. The largest absolute Gasteiger partial charge is 0.495 e. The van der Waals surface area contributed by atoms with Crippen molar-refractivity contribution in [2.45, 2.75) is 37.6 Å². The molecule has 1 fully saturated rings. The van der Waals surface area contributed by atoms with E-state index < -0.39 is 9.84 Å². The van der Waals surface area contributed by atoms with E-state index in [1.54, 1.807) is 12.1 Å². The molecule has 1 aliphatic rings. The van der Waals surface area contributed by atoms with Crippen LogP contribution >= 0.6 is 0 Å². The Balaban J connectivity index is 2.32. The lowest BCUT2D eigenvalue weighted by Crippen LogP contribution is -2.25. The monoisotopic (exact) mass is 269 g/mol. The van der Waals surface area contributed by atoms with Crippen molar-refractivity contribution in [1.82, 2.24) is 5.32 Å². The van der Waals surface area contributed by atoms with Crippen LogP contribution < -0.4 is 10.1 Å². The third-order valence-electron chi connectivity index (χ3n) is 3.25. The summed E-state index contributed by atoms with van der Waals surface area (Å²) in [6.45, 7) is 3.85. The minimum Gasteiger partial charge on any atom is -0.495 e. The summed E-state index contributed by atoms with van der Waals surface area (Å²) in [5.41, 5.74) is 1.99. The Morgan fingerprint density at radius 2 is 1.89 bits per heavy atom.